The zero-order chi connectivity index (χ0) is 30.3. The van der Waals surface area contributed by atoms with Crippen molar-refractivity contribution >= 4 is 34.5 Å². The van der Waals surface area contributed by atoms with Crippen LogP contribution in [0.4, 0.5) is 4.79 Å². The second kappa shape index (κ2) is 14.9. The molecule has 0 aromatic carbocycles. The summed E-state index contributed by atoms with van der Waals surface area (Å²) in [6, 6.07) is -2.99. The number of esters is 1. The van der Waals surface area contributed by atoms with E-state index in [-0.39, 0.29) is 17.6 Å². The van der Waals surface area contributed by atoms with Crippen LogP contribution >= 0.6 is 0 Å². The van der Waals surface area contributed by atoms with E-state index in [1.807, 2.05) is 0 Å². The highest BCUT2D eigenvalue weighted by atomic mass is 32.2. The number of nitrogens with one attached hydrogen (secondary N) is 3. The number of methoxy groups -OCH3 is 1. The number of nitrogens with zero attached hydrogens (tertiary/aromatic N) is 1. The van der Waals surface area contributed by atoms with Gasteiger partial charge in [0.2, 0.25) is 11.8 Å². The number of urea groups is 1. The predicted octanol–water partition coefficient (Wildman–Crippen LogP) is 1.36. The molecule has 1 saturated heterocycles. The maximum atomic E-state index is 14.1. The minimum atomic E-state index is -2.70. The smallest absolute Gasteiger partial charge is 0.336 e. The largest absolute Gasteiger partial charge is 0.467 e. The number of hydrogen-bond donors (Lipinski definition) is 5. The lowest BCUT2D eigenvalue weighted by Gasteiger charge is -2.38. The summed E-state index contributed by atoms with van der Waals surface area (Å²) in [4.78, 5) is 54.5. The first-order valence-corrected chi connectivity index (χ1v) is 17.1. The zero-order valence-corrected chi connectivity index (χ0v) is 25.6. The average molecular weight is 613 g/mol. The molecule has 4 fully saturated rings. The molecule has 4 N–H and O–H groups in total. The lowest BCUT2D eigenvalue weighted by Crippen LogP contribution is -2.62. The minimum Gasteiger partial charge on any atom is -0.467 e. The molecular formula is C29H48N4O8S. The lowest BCUT2D eigenvalue weighted by molar-refractivity contribution is -0.153. The highest BCUT2D eigenvalue weighted by molar-refractivity contribution is 7.72. The van der Waals surface area contributed by atoms with Gasteiger partial charge in [-0.05, 0) is 56.8 Å². The Morgan fingerprint density at radius 3 is 2.21 bits per heavy atom. The van der Waals surface area contributed by atoms with Crippen molar-refractivity contribution in [2.24, 2.45) is 11.8 Å². The van der Waals surface area contributed by atoms with Crippen LogP contribution < -0.4 is 16.0 Å². The molecule has 4 rings (SSSR count). The average Bonchev–Trinajstić information content (AvgIpc) is 3.65. The third-order valence-corrected chi connectivity index (χ3v) is 10.4. The monoisotopic (exact) mass is 612 g/mol. The summed E-state index contributed by atoms with van der Waals surface area (Å²) in [5.74, 6) is -1.47. The number of carbonyl (C=O) groups is 4. The molecule has 2 unspecified atom stereocenters. The Hall–Kier alpha value is -2.41. The number of carbonyl (C=O) groups excluding carboxylic acids is 4. The standard InChI is InChI=1S/C29H48N4O8S/c1-41-27(37)24(34)21(17-19-12-13-19)30-25(35)22-11-8-16-33(22)26(36)23(20-9-4-2-5-10-20)31-28(38)32-29(18-42(39)40)14-6-3-7-15-29/h19-24,34,42H,2-18H2,1H3,(H,30,35)(H2,31,32,38)/t21?,22-,23-,24?/m0/s1. The van der Waals surface area contributed by atoms with Crippen LogP contribution in [-0.2, 0) is 29.8 Å². The topological polar surface area (TPSA) is 171 Å². The van der Waals surface area contributed by atoms with Crippen LogP contribution in [0.15, 0.2) is 0 Å². The number of likely N-dealkylation sites (tertiary alicyclic amines) is 1. The lowest BCUT2D eigenvalue weighted by atomic mass is 9.82. The second-order valence-corrected chi connectivity index (χ2v) is 13.7. The summed E-state index contributed by atoms with van der Waals surface area (Å²) in [5.41, 5.74) is -0.842. The Labute approximate surface area is 250 Å². The number of ether oxygens (including phenoxy) is 1. The number of rotatable bonds is 12. The van der Waals surface area contributed by atoms with Crippen LogP contribution in [0.5, 0.6) is 0 Å². The molecule has 3 saturated carbocycles. The maximum absolute atomic E-state index is 14.1. The van der Waals surface area contributed by atoms with Crippen molar-refractivity contribution in [1.29, 1.82) is 0 Å². The normalized spacial score (nSPS) is 24.8. The molecule has 0 bridgehead atoms. The number of amides is 4. The first-order chi connectivity index (χ1) is 20.1. The van der Waals surface area contributed by atoms with Crippen molar-refractivity contribution in [3.8, 4) is 0 Å². The van der Waals surface area contributed by atoms with E-state index in [1.54, 1.807) is 0 Å². The van der Waals surface area contributed by atoms with Crippen molar-refractivity contribution in [3.05, 3.63) is 0 Å². The fourth-order valence-corrected chi connectivity index (χ4v) is 7.98. The summed E-state index contributed by atoms with van der Waals surface area (Å²) >= 11 is 0. The van der Waals surface area contributed by atoms with E-state index in [0.29, 0.717) is 44.6 Å². The summed E-state index contributed by atoms with van der Waals surface area (Å²) in [7, 11) is -1.51. The van der Waals surface area contributed by atoms with Gasteiger partial charge in [-0.3, -0.25) is 9.59 Å². The van der Waals surface area contributed by atoms with Gasteiger partial charge >= 0.3 is 12.0 Å². The highest BCUT2D eigenvalue weighted by Crippen LogP contribution is 2.35. The van der Waals surface area contributed by atoms with Crippen LogP contribution in [0.2, 0.25) is 0 Å². The quantitative estimate of drug-likeness (QED) is 0.162. The van der Waals surface area contributed by atoms with Gasteiger partial charge in [0.1, 0.15) is 22.8 Å². The number of aliphatic hydroxyl groups is 1. The van der Waals surface area contributed by atoms with Gasteiger partial charge in [-0.15, -0.1) is 0 Å². The van der Waals surface area contributed by atoms with Gasteiger partial charge in [-0.1, -0.05) is 51.4 Å². The predicted molar refractivity (Wildman–Crippen MR) is 155 cm³/mol. The van der Waals surface area contributed by atoms with Gasteiger partial charge in [0.15, 0.2) is 6.10 Å². The third-order valence-electron chi connectivity index (χ3n) is 9.57. The number of aliphatic hydroxyl groups excluding tert-OH is 1. The molecule has 12 nitrogen and oxygen atoms in total. The van der Waals surface area contributed by atoms with Crippen molar-refractivity contribution in [3.63, 3.8) is 0 Å². The number of hydrogen-bond acceptors (Lipinski definition) is 8. The molecule has 3 aliphatic carbocycles. The molecule has 42 heavy (non-hydrogen) atoms. The van der Waals surface area contributed by atoms with E-state index in [9.17, 15) is 32.7 Å². The number of thiol groups is 1. The molecule has 4 atom stereocenters. The van der Waals surface area contributed by atoms with Crippen LogP contribution in [0.3, 0.4) is 0 Å². The van der Waals surface area contributed by atoms with Gasteiger partial charge in [0.05, 0.1) is 24.4 Å². The molecule has 1 heterocycles. The fourth-order valence-electron chi connectivity index (χ4n) is 7.09. The van der Waals surface area contributed by atoms with Crippen molar-refractivity contribution in [1.82, 2.24) is 20.9 Å². The minimum absolute atomic E-state index is 0.0940. The molecule has 1 aliphatic heterocycles. The van der Waals surface area contributed by atoms with E-state index in [0.717, 1.165) is 64.2 Å². The van der Waals surface area contributed by atoms with Gasteiger partial charge in [-0.2, -0.15) is 0 Å². The van der Waals surface area contributed by atoms with Gasteiger partial charge < -0.3 is 30.7 Å². The Kier molecular flexibility index (Phi) is 11.5. The Balaban J connectivity index is 1.47. The molecule has 0 aromatic rings. The fraction of sp³-hybridized carbons (Fsp3) is 0.862. The maximum Gasteiger partial charge on any atom is 0.336 e. The molecule has 0 spiro atoms. The highest BCUT2D eigenvalue weighted by Gasteiger charge is 2.43. The van der Waals surface area contributed by atoms with E-state index in [1.165, 1.54) is 12.0 Å². The molecule has 0 aromatic heterocycles. The second-order valence-electron chi connectivity index (χ2n) is 12.8. The summed E-state index contributed by atoms with van der Waals surface area (Å²) < 4.78 is 28.0. The molecule has 0 radical (unpaired) electrons. The summed E-state index contributed by atoms with van der Waals surface area (Å²) in [6.07, 6.45) is 10.2. The van der Waals surface area contributed by atoms with Crippen LogP contribution in [-0.4, -0.2) is 91.4 Å². The van der Waals surface area contributed by atoms with Crippen LogP contribution in [0, 0.1) is 11.8 Å². The Bertz CT molecular complexity index is 1040. The van der Waals surface area contributed by atoms with Crippen molar-refractivity contribution in [2.75, 3.05) is 19.4 Å². The first kappa shape index (κ1) is 32.5. The van der Waals surface area contributed by atoms with Gasteiger partial charge in [0, 0.05) is 6.54 Å². The molecule has 13 heteroatoms. The Morgan fingerprint density at radius 2 is 1.60 bits per heavy atom. The first-order valence-electron chi connectivity index (χ1n) is 15.7. The zero-order valence-electron chi connectivity index (χ0n) is 24.7. The summed E-state index contributed by atoms with van der Waals surface area (Å²) in [5, 5.41) is 19.2. The third kappa shape index (κ3) is 8.58. The van der Waals surface area contributed by atoms with Crippen LogP contribution in [0.1, 0.15) is 96.3 Å². The SMILES string of the molecule is COC(=O)C(O)C(CC1CC1)NC(=O)[C@@H]1CCCN1C(=O)[C@@H](NC(=O)NC1(C[SH](=O)=O)CCCCC1)C1CCCCC1. The molecular weight excluding hydrogens is 564 g/mol. The van der Waals surface area contributed by atoms with Crippen molar-refractivity contribution < 1.29 is 37.4 Å². The van der Waals surface area contributed by atoms with Crippen LogP contribution in [0.25, 0.3) is 0 Å². The Morgan fingerprint density at radius 1 is 0.929 bits per heavy atom. The van der Waals surface area contributed by atoms with Gasteiger partial charge in [0.25, 0.3) is 0 Å². The molecule has 4 amide bonds. The van der Waals surface area contributed by atoms with Crippen molar-refractivity contribution in [2.45, 2.75) is 126 Å². The van der Waals surface area contributed by atoms with E-state index >= 15 is 0 Å². The van der Waals surface area contributed by atoms with E-state index < -0.39 is 58.4 Å². The summed E-state index contributed by atoms with van der Waals surface area (Å²) in [6.45, 7) is 0.358. The molecule has 238 valence electrons. The van der Waals surface area contributed by atoms with Gasteiger partial charge in [-0.25, -0.2) is 18.0 Å². The van der Waals surface area contributed by atoms with E-state index in [2.05, 4.69) is 16.0 Å². The molecule has 4 aliphatic rings. The van der Waals surface area contributed by atoms with E-state index in [4.69, 9.17) is 4.74 Å².